The first kappa shape index (κ1) is 41.4. The number of carbonyl (C=O) groups excluding carboxylic acids is 4. The van der Waals surface area contributed by atoms with E-state index >= 15 is 0 Å². The van der Waals surface area contributed by atoms with Crippen molar-refractivity contribution in [3.05, 3.63) is 0 Å². The van der Waals surface area contributed by atoms with E-state index < -0.39 is 23.9 Å². The van der Waals surface area contributed by atoms with Gasteiger partial charge < -0.3 is 39.6 Å². The molecule has 0 unspecified atom stereocenters. The second-order valence-corrected chi connectivity index (χ2v) is 7.33. The summed E-state index contributed by atoms with van der Waals surface area (Å²) in [6, 6.07) is 0. The predicted molar refractivity (Wildman–Crippen MR) is 122 cm³/mol. The molecule has 0 amide bonds. The standard InChI is InChI=1S/4C6H12O2.Si/c4*1-3-5(4-2)6(7)8;/h4*5H,3-4H2,1-2H3,(H,7,8);/q;;;;+4/p-4. The topological polar surface area (TPSA) is 161 Å². The molecule has 0 atom stereocenters. The summed E-state index contributed by atoms with van der Waals surface area (Å²) in [5.41, 5.74) is 0. The summed E-state index contributed by atoms with van der Waals surface area (Å²) >= 11 is 0. The maximum absolute atomic E-state index is 10.1. The molecule has 0 aromatic carbocycles. The van der Waals surface area contributed by atoms with Gasteiger partial charge in [-0.15, -0.1) is 0 Å². The average Bonchev–Trinajstić information content (AvgIpc) is 2.72. The fourth-order valence-corrected chi connectivity index (χ4v) is 2.49. The molecule has 0 radical (unpaired) electrons. The van der Waals surface area contributed by atoms with Crippen molar-refractivity contribution < 1.29 is 39.6 Å². The van der Waals surface area contributed by atoms with E-state index in [4.69, 9.17) is 0 Å². The van der Waals surface area contributed by atoms with Crippen LogP contribution in [0.15, 0.2) is 0 Å². The zero-order valence-electron chi connectivity index (χ0n) is 21.7. The zero-order valence-corrected chi connectivity index (χ0v) is 22.7. The van der Waals surface area contributed by atoms with Gasteiger partial charge >= 0.3 is 11.0 Å². The molecular formula is C24H44O8Si. The van der Waals surface area contributed by atoms with Crippen molar-refractivity contribution in [3.8, 4) is 0 Å². The van der Waals surface area contributed by atoms with Gasteiger partial charge in [0, 0.05) is 23.9 Å². The molecule has 0 fully saturated rings. The van der Waals surface area contributed by atoms with Gasteiger partial charge in [0.25, 0.3) is 0 Å². The molecule has 0 aliphatic carbocycles. The third-order valence-electron chi connectivity index (χ3n) is 5.28. The van der Waals surface area contributed by atoms with Crippen LogP contribution in [-0.4, -0.2) is 34.8 Å². The Balaban J connectivity index is -0.000000105. The molecule has 8 nitrogen and oxygen atoms in total. The van der Waals surface area contributed by atoms with E-state index in [1.54, 1.807) is 0 Å². The van der Waals surface area contributed by atoms with Gasteiger partial charge in [-0.3, -0.25) is 0 Å². The summed E-state index contributed by atoms with van der Waals surface area (Å²) in [6.45, 7) is 14.8. The van der Waals surface area contributed by atoms with Crippen molar-refractivity contribution in [2.24, 2.45) is 23.7 Å². The van der Waals surface area contributed by atoms with Crippen LogP contribution in [0.4, 0.5) is 0 Å². The van der Waals surface area contributed by atoms with Crippen molar-refractivity contribution in [1.82, 2.24) is 0 Å². The summed E-state index contributed by atoms with van der Waals surface area (Å²) in [5, 5.41) is 40.2. The third kappa shape index (κ3) is 26.2. The summed E-state index contributed by atoms with van der Waals surface area (Å²) in [6.07, 6.45) is 5.44. The minimum atomic E-state index is -0.921. The van der Waals surface area contributed by atoms with Crippen LogP contribution >= 0.6 is 0 Å². The molecule has 0 aliphatic rings. The molecule has 0 saturated heterocycles. The summed E-state index contributed by atoms with van der Waals surface area (Å²) < 4.78 is 0. The Morgan fingerprint density at radius 3 is 0.485 bits per heavy atom. The van der Waals surface area contributed by atoms with Gasteiger partial charge in [0.05, 0.1) is 0 Å². The fourth-order valence-electron chi connectivity index (χ4n) is 2.49. The first-order valence-corrected chi connectivity index (χ1v) is 11.7. The van der Waals surface area contributed by atoms with Crippen LogP contribution in [0.1, 0.15) is 107 Å². The Hall–Kier alpha value is -1.90. The molecule has 0 rings (SSSR count). The summed E-state index contributed by atoms with van der Waals surface area (Å²) in [5.74, 6) is -4.65. The molecule has 0 spiro atoms. The predicted octanol–water partition coefficient (Wildman–Crippen LogP) is 0.309. The Morgan fingerprint density at radius 1 is 0.394 bits per heavy atom. The summed E-state index contributed by atoms with van der Waals surface area (Å²) in [7, 11) is 0. The quantitative estimate of drug-likeness (QED) is 0.355. The Labute approximate surface area is 205 Å². The van der Waals surface area contributed by atoms with Crippen LogP contribution in [0.3, 0.4) is 0 Å². The minimum absolute atomic E-state index is 0. The fraction of sp³-hybridized carbons (Fsp3) is 0.833. The molecule has 0 heterocycles. The van der Waals surface area contributed by atoms with Gasteiger partial charge in [-0.05, 0) is 75.0 Å². The number of hydrogen-bond donors (Lipinski definition) is 0. The maximum Gasteiger partial charge on any atom is 4.00 e. The third-order valence-corrected chi connectivity index (χ3v) is 5.28. The molecule has 0 aromatic heterocycles. The van der Waals surface area contributed by atoms with Crippen LogP contribution < -0.4 is 20.4 Å². The van der Waals surface area contributed by atoms with E-state index in [-0.39, 0.29) is 34.6 Å². The van der Waals surface area contributed by atoms with E-state index in [1.807, 2.05) is 55.4 Å². The van der Waals surface area contributed by atoms with Crippen LogP contribution in [0, 0.1) is 23.7 Å². The molecule has 0 aromatic rings. The van der Waals surface area contributed by atoms with Gasteiger partial charge in [0.15, 0.2) is 0 Å². The molecule has 0 aliphatic heterocycles. The van der Waals surface area contributed by atoms with Crippen LogP contribution in [0.2, 0.25) is 0 Å². The van der Waals surface area contributed by atoms with Crippen molar-refractivity contribution >= 4 is 34.8 Å². The van der Waals surface area contributed by atoms with Gasteiger partial charge in [0.1, 0.15) is 0 Å². The number of carbonyl (C=O) groups is 4. The molecule has 0 bridgehead atoms. The van der Waals surface area contributed by atoms with Crippen LogP contribution in [0.25, 0.3) is 0 Å². The Morgan fingerprint density at radius 2 is 0.485 bits per heavy atom. The Bertz CT molecular complexity index is 393. The van der Waals surface area contributed by atoms with Crippen molar-refractivity contribution in [2.75, 3.05) is 0 Å². The second-order valence-electron chi connectivity index (χ2n) is 7.33. The second kappa shape index (κ2) is 28.1. The largest absolute Gasteiger partial charge is 4.00 e. The first-order chi connectivity index (χ1) is 14.9. The van der Waals surface area contributed by atoms with E-state index in [0.717, 1.165) is 0 Å². The molecule has 192 valence electrons. The van der Waals surface area contributed by atoms with E-state index in [1.165, 1.54) is 0 Å². The van der Waals surface area contributed by atoms with Crippen molar-refractivity contribution in [1.29, 1.82) is 0 Å². The number of hydrogen-bond acceptors (Lipinski definition) is 8. The van der Waals surface area contributed by atoms with Gasteiger partial charge in [-0.2, -0.15) is 0 Å². The number of carboxylic acid groups (broad SMARTS) is 4. The van der Waals surface area contributed by atoms with Gasteiger partial charge in [-0.25, -0.2) is 0 Å². The average molecular weight is 489 g/mol. The van der Waals surface area contributed by atoms with E-state index in [0.29, 0.717) is 51.4 Å². The zero-order chi connectivity index (χ0) is 26.3. The Kier molecular flexibility index (Phi) is 35.3. The number of aliphatic carboxylic acids is 4. The minimum Gasteiger partial charge on any atom is -0.550 e. The normalized spacial score (nSPS) is 9.58. The van der Waals surface area contributed by atoms with Crippen LogP contribution in [0.5, 0.6) is 0 Å². The molecule has 0 saturated carbocycles. The number of rotatable bonds is 12. The monoisotopic (exact) mass is 488 g/mol. The van der Waals surface area contributed by atoms with Crippen molar-refractivity contribution in [3.63, 3.8) is 0 Å². The van der Waals surface area contributed by atoms with Gasteiger partial charge in [0.2, 0.25) is 0 Å². The molecule has 9 heteroatoms. The van der Waals surface area contributed by atoms with E-state index in [2.05, 4.69) is 0 Å². The summed E-state index contributed by atoms with van der Waals surface area (Å²) in [4.78, 5) is 40.2. The SMILES string of the molecule is CCC(CC)C(=O)[O-].CCC(CC)C(=O)[O-].CCC(CC)C(=O)[O-].CCC(CC)C(=O)[O-].[Si+4]. The smallest absolute Gasteiger partial charge is 0.550 e. The molecule has 33 heavy (non-hydrogen) atoms. The van der Waals surface area contributed by atoms with Gasteiger partial charge in [-0.1, -0.05) is 55.4 Å². The first-order valence-electron chi connectivity index (χ1n) is 11.7. The van der Waals surface area contributed by atoms with Crippen LogP contribution in [-0.2, 0) is 19.2 Å². The molecule has 0 N–H and O–H groups in total. The van der Waals surface area contributed by atoms with E-state index in [9.17, 15) is 39.6 Å². The number of carboxylic acids is 4. The maximum atomic E-state index is 10.1. The molecular weight excluding hydrogens is 444 g/mol. The van der Waals surface area contributed by atoms with Crippen molar-refractivity contribution in [2.45, 2.75) is 107 Å².